The Morgan fingerprint density at radius 1 is 1.21 bits per heavy atom. The smallest absolute Gasteiger partial charge is 0.390 e. The van der Waals surface area contributed by atoms with Gasteiger partial charge in [0.25, 0.3) is 5.91 Å². The lowest BCUT2D eigenvalue weighted by Gasteiger charge is -2.45. The van der Waals surface area contributed by atoms with Crippen molar-refractivity contribution in [2.75, 3.05) is 20.3 Å². The molecule has 0 bridgehead atoms. The topological polar surface area (TPSA) is 77.2 Å². The Labute approximate surface area is 191 Å². The Morgan fingerprint density at radius 2 is 1.94 bits per heavy atom. The van der Waals surface area contributed by atoms with Crippen LogP contribution in [0.3, 0.4) is 0 Å². The van der Waals surface area contributed by atoms with E-state index in [0.717, 1.165) is 41.7 Å². The predicted octanol–water partition coefficient (Wildman–Crippen LogP) is 3.91. The lowest BCUT2D eigenvalue weighted by atomic mass is 9.61. The molecule has 6 nitrogen and oxygen atoms in total. The van der Waals surface area contributed by atoms with E-state index in [1.54, 1.807) is 7.11 Å². The molecule has 180 valence electrons. The molecule has 2 spiro atoms. The molecule has 1 aliphatic heterocycles. The highest BCUT2D eigenvalue weighted by molar-refractivity contribution is 6.08. The van der Waals surface area contributed by atoms with Gasteiger partial charge in [-0.05, 0) is 74.1 Å². The second-order valence-corrected chi connectivity index (χ2v) is 9.97. The summed E-state index contributed by atoms with van der Waals surface area (Å²) in [5.41, 5.74) is 6.01. The SMILES string of the molecule is COC1CCC2(CC1)Cc1ccc(OCC3CC3)cc1C21N=C(N)N(CCC(F)(F)F)C1=O. The van der Waals surface area contributed by atoms with Gasteiger partial charge in [0.15, 0.2) is 11.5 Å². The number of methoxy groups -OCH3 is 1. The number of halogens is 3. The fraction of sp³-hybridized carbons (Fsp3) is 0.667. The normalized spacial score (nSPS) is 31.4. The van der Waals surface area contributed by atoms with Gasteiger partial charge >= 0.3 is 6.18 Å². The maximum absolute atomic E-state index is 13.9. The van der Waals surface area contributed by atoms with E-state index < -0.39 is 36.0 Å². The minimum Gasteiger partial charge on any atom is -0.493 e. The first-order valence-electron chi connectivity index (χ1n) is 11.7. The van der Waals surface area contributed by atoms with Crippen LogP contribution < -0.4 is 10.5 Å². The van der Waals surface area contributed by atoms with Crippen molar-refractivity contribution >= 4 is 11.9 Å². The summed E-state index contributed by atoms with van der Waals surface area (Å²) in [5, 5.41) is 0. The number of aliphatic imine (C=N–C) groups is 1. The number of ether oxygens (including phenoxy) is 2. The van der Waals surface area contributed by atoms with E-state index in [1.807, 2.05) is 18.2 Å². The molecule has 1 unspecified atom stereocenters. The van der Waals surface area contributed by atoms with E-state index in [4.69, 9.17) is 20.2 Å². The zero-order chi connectivity index (χ0) is 23.4. The lowest BCUT2D eigenvalue weighted by molar-refractivity contribution is -0.146. The average Bonchev–Trinajstić information content (AvgIpc) is 3.52. The van der Waals surface area contributed by atoms with Crippen LogP contribution in [0.2, 0.25) is 0 Å². The summed E-state index contributed by atoms with van der Waals surface area (Å²) in [6.45, 7) is 0.104. The molecule has 1 atom stereocenters. The Hall–Kier alpha value is -2.29. The molecule has 0 aromatic heterocycles. The molecule has 0 saturated heterocycles. The van der Waals surface area contributed by atoms with Crippen molar-refractivity contribution in [3.8, 4) is 5.75 Å². The van der Waals surface area contributed by atoms with E-state index in [1.165, 1.54) is 0 Å². The number of amides is 1. The number of carbonyl (C=O) groups excluding carboxylic acids is 1. The molecule has 33 heavy (non-hydrogen) atoms. The van der Waals surface area contributed by atoms with E-state index in [9.17, 15) is 18.0 Å². The number of nitrogens with two attached hydrogens (primary N) is 1. The van der Waals surface area contributed by atoms with Gasteiger partial charge in [0.1, 0.15) is 5.75 Å². The third-order valence-electron chi connectivity index (χ3n) is 7.91. The van der Waals surface area contributed by atoms with Gasteiger partial charge in [0.2, 0.25) is 0 Å². The third kappa shape index (κ3) is 3.78. The van der Waals surface area contributed by atoms with Crippen molar-refractivity contribution in [2.24, 2.45) is 22.1 Å². The van der Waals surface area contributed by atoms with Gasteiger partial charge < -0.3 is 15.2 Å². The highest BCUT2D eigenvalue weighted by Crippen LogP contribution is 2.62. The summed E-state index contributed by atoms with van der Waals surface area (Å²) >= 11 is 0. The molecule has 1 heterocycles. The first-order valence-corrected chi connectivity index (χ1v) is 11.7. The summed E-state index contributed by atoms with van der Waals surface area (Å²) in [4.78, 5) is 19.7. The van der Waals surface area contributed by atoms with Crippen molar-refractivity contribution in [3.63, 3.8) is 0 Å². The Bertz CT molecular complexity index is 967. The Balaban J connectivity index is 1.53. The van der Waals surface area contributed by atoms with Gasteiger partial charge in [-0.2, -0.15) is 13.2 Å². The number of benzene rings is 1. The number of nitrogens with zero attached hydrogens (tertiary/aromatic N) is 2. The van der Waals surface area contributed by atoms with E-state index in [-0.39, 0.29) is 12.1 Å². The van der Waals surface area contributed by atoms with Crippen molar-refractivity contribution in [1.82, 2.24) is 4.90 Å². The van der Waals surface area contributed by atoms with Crippen molar-refractivity contribution in [3.05, 3.63) is 29.3 Å². The molecular formula is C24H30F3N3O3. The summed E-state index contributed by atoms with van der Waals surface area (Å²) in [5.74, 6) is 0.660. The van der Waals surface area contributed by atoms with Crippen LogP contribution in [0.1, 0.15) is 56.1 Å². The molecule has 9 heteroatoms. The lowest BCUT2D eigenvalue weighted by Crippen LogP contribution is -2.52. The number of hydrogen-bond acceptors (Lipinski definition) is 5. The summed E-state index contributed by atoms with van der Waals surface area (Å²) < 4.78 is 50.4. The Morgan fingerprint density at radius 3 is 2.58 bits per heavy atom. The maximum atomic E-state index is 13.9. The average molecular weight is 466 g/mol. The highest BCUT2D eigenvalue weighted by Gasteiger charge is 2.66. The van der Waals surface area contributed by atoms with Crippen LogP contribution >= 0.6 is 0 Å². The van der Waals surface area contributed by atoms with Gasteiger partial charge in [-0.1, -0.05) is 6.07 Å². The number of carbonyl (C=O) groups is 1. The summed E-state index contributed by atoms with van der Waals surface area (Å²) in [7, 11) is 1.68. The summed E-state index contributed by atoms with van der Waals surface area (Å²) in [6.07, 6.45) is 0.458. The molecule has 2 fully saturated rings. The minimum absolute atomic E-state index is 0.105. The molecule has 2 saturated carbocycles. The largest absolute Gasteiger partial charge is 0.493 e. The summed E-state index contributed by atoms with van der Waals surface area (Å²) in [6, 6.07) is 5.77. The molecule has 1 aromatic rings. The predicted molar refractivity (Wildman–Crippen MR) is 116 cm³/mol. The molecular weight excluding hydrogens is 435 g/mol. The highest BCUT2D eigenvalue weighted by atomic mass is 19.4. The van der Waals surface area contributed by atoms with Crippen LogP contribution in [-0.2, 0) is 21.5 Å². The van der Waals surface area contributed by atoms with E-state index >= 15 is 0 Å². The van der Waals surface area contributed by atoms with Crippen LogP contribution in [0.4, 0.5) is 13.2 Å². The molecule has 0 radical (unpaired) electrons. The van der Waals surface area contributed by atoms with Crippen LogP contribution in [0.5, 0.6) is 5.75 Å². The third-order valence-corrected chi connectivity index (χ3v) is 7.91. The van der Waals surface area contributed by atoms with Crippen molar-refractivity contribution in [1.29, 1.82) is 0 Å². The molecule has 3 aliphatic carbocycles. The zero-order valence-corrected chi connectivity index (χ0v) is 18.8. The van der Waals surface area contributed by atoms with Crippen LogP contribution in [-0.4, -0.2) is 49.3 Å². The monoisotopic (exact) mass is 465 g/mol. The van der Waals surface area contributed by atoms with Crippen LogP contribution in [0.15, 0.2) is 23.2 Å². The zero-order valence-electron chi connectivity index (χ0n) is 18.8. The molecule has 4 aliphatic rings. The first-order chi connectivity index (χ1) is 15.7. The number of alkyl halides is 3. The maximum Gasteiger partial charge on any atom is 0.390 e. The van der Waals surface area contributed by atoms with Gasteiger partial charge in [-0.15, -0.1) is 0 Å². The van der Waals surface area contributed by atoms with Gasteiger partial charge in [0.05, 0.1) is 19.1 Å². The number of fused-ring (bicyclic) bond motifs is 3. The fourth-order valence-corrected chi connectivity index (χ4v) is 5.89. The number of hydrogen-bond donors (Lipinski definition) is 1. The Kier molecular flexibility index (Phi) is 5.38. The molecule has 5 rings (SSSR count). The van der Waals surface area contributed by atoms with Crippen LogP contribution in [0, 0.1) is 11.3 Å². The standard InChI is InChI=1S/C24H30F3N3O3/c1-32-17-6-8-22(9-7-17)13-16-4-5-18(33-14-15-2-3-15)12-19(16)24(22)20(31)30(21(28)29-24)11-10-23(25,26)27/h4-5,12,15,17H,2-3,6-11,13-14H2,1H3,(H2,28,29). The van der Waals surface area contributed by atoms with Gasteiger partial charge in [0, 0.05) is 19.1 Å². The molecule has 1 aromatic carbocycles. The van der Waals surface area contributed by atoms with E-state index in [2.05, 4.69) is 0 Å². The quantitative estimate of drug-likeness (QED) is 0.691. The fourth-order valence-electron chi connectivity index (χ4n) is 5.89. The van der Waals surface area contributed by atoms with Gasteiger partial charge in [-0.25, -0.2) is 4.99 Å². The second kappa shape index (κ2) is 7.89. The first kappa shape index (κ1) is 22.5. The molecule has 2 N–H and O–H groups in total. The minimum atomic E-state index is -4.39. The van der Waals surface area contributed by atoms with Crippen molar-refractivity contribution < 1.29 is 27.4 Å². The number of rotatable bonds is 6. The second-order valence-electron chi connectivity index (χ2n) is 9.97. The number of guanidine groups is 1. The van der Waals surface area contributed by atoms with Crippen molar-refractivity contribution in [2.45, 2.75) is 69.2 Å². The van der Waals surface area contributed by atoms with Gasteiger partial charge in [-0.3, -0.25) is 9.69 Å². The van der Waals surface area contributed by atoms with E-state index in [0.29, 0.717) is 37.5 Å². The van der Waals surface area contributed by atoms with Crippen LogP contribution in [0.25, 0.3) is 0 Å². The molecule has 1 amide bonds.